The van der Waals surface area contributed by atoms with Crippen LogP contribution in [0.2, 0.25) is 0 Å². The second-order valence-electron chi connectivity index (χ2n) is 35.0. The fourth-order valence-corrected chi connectivity index (χ4v) is 21.9. The third-order valence-corrected chi connectivity index (χ3v) is 28.4. The van der Waals surface area contributed by atoms with Gasteiger partial charge in [-0.3, -0.25) is 0 Å². The number of nitrogens with zero attached hydrogens (tertiary/aromatic N) is 2. The molecule has 22 aromatic rings. The van der Waals surface area contributed by atoms with E-state index in [2.05, 4.69) is 493 Å². The fraction of sp³-hybridized carbons (Fsp3) is 0.0656. The van der Waals surface area contributed by atoms with Crippen molar-refractivity contribution in [2.75, 3.05) is 0 Å². The van der Waals surface area contributed by atoms with Crippen molar-refractivity contribution < 1.29 is 30.4 Å². The van der Waals surface area contributed by atoms with Crippen LogP contribution >= 0.6 is 15.9 Å². The van der Waals surface area contributed by atoms with E-state index in [9.17, 15) is 0 Å². The summed E-state index contributed by atoms with van der Waals surface area (Å²) < 4.78 is 14.1. The maximum atomic E-state index is 6.48. The van der Waals surface area contributed by atoms with Gasteiger partial charge in [-0.05, 0) is 246 Å². The number of fused-ring (bicyclic) bond motifs is 16. The minimum Gasteiger partial charge on any atom is -0.399 e. The number of para-hydroxylation sites is 2. The third-order valence-electron chi connectivity index (χ3n) is 27.6. The van der Waals surface area contributed by atoms with Crippen molar-refractivity contribution in [2.45, 2.75) is 49.7 Å². The Morgan fingerprint density at radius 2 is 0.512 bits per heavy atom. The molecule has 25 rings (SSSR count). The Hall–Kier alpha value is -14.1. The van der Waals surface area contributed by atoms with Gasteiger partial charge in [-0.1, -0.05) is 406 Å². The molecule has 2 aromatic heterocycles. The Bertz CT molecular complexity index is 7940. The van der Waals surface area contributed by atoms with Crippen molar-refractivity contribution in [1.82, 2.24) is 9.97 Å². The minimum atomic E-state index is -0.508. The molecule has 4 nitrogen and oxygen atoms in total. The van der Waals surface area contributed by atoms with Gasteiger partial charge in [0.1, 0.15) is 0 Å². The van der Waals surface area contributed by atoms with Crippen LogP contribution in [-0.4, -0.2) is 28.3 Å². The monoisotopic (exact) mass is 1880 g/mol. The number of benzene rings is 20. The molecule has 1 aliphatic heterocycles. The molecule has 0 bridgehead atoms. The first kappa shape index (κ1) is 80.7. The van der Waals surface area contributed by atoms with Gasteiger partial charge < -0.3 is 9.31 Å². The van der Waals surface area contributed by atoms with Crippen LogP contribution in [0.5, 0.6) is 0 Å². The summed E-state index contributed by atoms with van der Waals surface area (Å²) in [6.45, 7) is 8.39. The molecule has 3 heterocycles. The van der Waals surface area contributed by atoms with Crippen molar-refractivity contribution in [1.29, 1.82) is 0 Å². The number of halogens is 1. The zero-order valence-corrected chi connectivity index (χ0v) is 76.3. The van der Waals surface area contributed by atoms with Gasteiger partial charge in [-0.15, -0.1) is 0 Å². The van der Waals surface area contributed by atoms with Crippen molar-refractivity contribution in [2.24, 2.45) is 0 Å². The van der Waals surface area contributed by atoms with Crippen molar-refractivity contribution in [3.63, 3.8) is 0 Å². The molecule has 7 heteroatoms. The van der Waals surface area contributed by atoms with Crippen LogP contribution in [0.3, 0.4) is 0 Å². The van der Waals surface area contributed by atoms with Gasteiger partial charge >= 0.3 is 7.12 Å². The maximum absolute atomic E-state index is 6.48. The number of aromatic nitrogens is 2. The SMILES string of the molecule is Brc1c2ccccc2c(-c2ccccc2)c2ccccc12.CC1(C)OB(c2cccc(-c3nc4ccccc4c4cc5c(cc34)C(c3ccccc3)(c3ccccc3)c3ccccc3-5)c2)OC1(C)C.[W].c1ccc(-c2c3ccccc3c(-c3cccc(-c4nc5ccccc5c5cc6c(cc45)C(c4ccccc4)(c4ccccc4)c4ccccc4-6)c3)c3ccccc23)cc1. The predicted molar refractivity (Wildman–Crippen MR) is 540 cm³/mol. The normalized spacial score (nSPS) is 14.0. The summed E-state index contributed by atoms with van der Waals surface area (Å²) in [5.74, 6) is 0. The molecule has 0 spiro atoms. The second-order valence-corrected chi connectivity index (χ2v) is 35.8. The summed E-state index contributed by atoms with van der Waals surface area (Å²) in [7, 11) is -0.454. The summed E-state index contributed by atoms with van der Waals surface area (Å²) in [5, 5.41) is 17.1. The van der Waals surface area contributed by atoms with E-state index in [0.717, 1.165) is 60.6 Å². The van der Waals surface area contributed by atoms with Gasteiger partial charge in [0.25, 0.3) is 0 Å². The van der Waals surface area contributed by atoms with E-state index in [4.69, 9.17) is 19.3 Å². The van der Waals surface area contributed by atoms with Crippen LogP contribution < -0.4 is 5.46 Å². The quantitative estimate of drug-likeness (QED) is 0.0778. The predicted octanol–water partition coefficient (Wildman–Crippen LogP) is 31.2. The summed E-state index contributed by atoms with van der Waals surface area (Å²) in [6.07, 6.45) is 0. The molecular weight excluding hydrogens is 1800 g/mol. The molecule has 129 heavy (non-hydrogen) atoms. The fourth-order valence-electron chi connectivity index (χ4n) is 21.2. The summed E-state index contributed by atoms with van der Waals surface area (Å²) in [5.41, 5.74) is 27.9. The standard InChI is InChI=1S/C58H37N.C44H36BNO2.C20H13Br.W/c1-4-19-38(20-5-1)55-45-29-10-12-31-47(45)56(48-32-13-11-30-46(48)55)39-21-18-22-40(35-39)57-51-37-53-50(36-49(51)44-28-15-17-34-54(44)59-57)43-27-14-16-33-52(43)58(53,41-23-6-2-7-24-41)42-25-8-3-9-26-42;1-42(2)43(3,4)48-45(47-42)32-21-15-16-29(26-32)41-37-28-39-36(27-35(37)34-23-12-14-25-40(34)46-41)33-22-11-13-24-38(33)44(39,30-17-7-5-8-18-30)31-19-9-6-10-20-31;21-20-17-12-6-4-10-15(17)19(14-8-2-1-3-9-14)16-11-5-7-13-18(16)20;/h1-37H;5-28H,1-4H3;1-13H;. The molecular formula is C122H86BBrN2O2W. The molecule has 0 amide bonds. The summed E-state index contributed by atoms with van der Waals surface area (Å²) >= 11 is 3.79. The molecule has 0 atom stereocenters. The van der Waals surface area contributed by atoms with Gasteiger partial charge in [-0.25, -0.2) is 9.97 Å². The van der Waals surface area contributed by atoms with E-state index < -0.39 is 29.2 Å². The molecule has 1 fully saturated rings. The average Bonchev–Trinajstić information content (AvgIpc) is 1.54. The van der Waals surface area contributed by atoms with E-state index in [1.807, 2.05) is 0 Å². The Kier molecular flexibility index (Phi) is 20.4. The summed E-state index contributed by atoms with van der Waals surface area (Å²) in [4.78, 5) is 10.9. The Morgan fingerprint density at radius 3 is 0.899 bits per heavy atom. The molecule has 0 saturated carbocycles. The van der Waals surface area contributed by atoms with Gasteiger partial charge in [0.05, 0.1) is 44.5 Å². The molecule has 1 saturated heterocycles. The molecule has 20 aromatic carbocycles. The molecule has 2 aliphatic carbocycles. The Morgan fingerprint density at radius 1 is 0.225 bits per heavy atom. The molecule has 0 radical (unpaired) electrons. The summed E-state index contributed by atoms with van der Waals surface area (Å²) in [6, 6.07) is 163. The van der Waals surface area contributed by atoms with E-state index in [1.165, 1.54) is 158 Å². The first-order valence-electron chi connectivity index (χ1n) is 44.3. The van der Waals surface area contributed by atoms with Gasteiger partial charge in [0, 0.05) is 58.2 Å². The van der Waals surface area contributed by atoms with Crippen molar-refractivity contribution >= 4 is 115 Å². The second kappa shape index (κ2) is 32.7. The van der Waals surface area contributed by atoms with E-state index >= 15 is 0 Å². The number of rotatable bonds is 10. The largest absolute Gasteiger partial charge is 0.494 e. The Balaban J connectivity index is 0.000000125. The average molecular weight is 1890 g/mol. The van der Waals surface area contributed by atoms with Crippen LogP contribution in [-0.2, 0) is 41.2 Å². The van der Waals surface area contributed by atoms with Crippen LogP contribution in [0.1, 0.15) is 72.2 Å². The van der Waals surface area contributed by atoms with E-state index in [1.54, 1.807) is 0 Å². The first-order valence-corrected chi connectivity index (χ1v) is 45.1. The molecule has 0 unspecified atom stereocenters. The van der Waals surface area contributed by atoms with Crippen molar-refractivity contribution in [3.8, 4) is 78.1 Å². The van der Waals surface area contributed by atoms with Gasteiger partial charge in [0.15, 0.2) is 0 Å². The minimum absolute atomic E-state index is 0. The zero-order valence-electron chi connectivity index (χ0n) is 71.8. The Labute approximate surface area is 774 Å². The third kappa shape index (κ3) is 13.2. The van der Waals surface area contributed by atoms with Gasteiger partial charge in [0.2, 0.25) is 0 Å². The smallest absolute Gasteiger partial charge is 0.399 e. The first-order chi connectivity index (χ1) is 62.9. The number of pyridine rings is 2. The van der Waals surface area contributed by atoms with Crippen molar-refractivity contribution in [3.05, 3.63) is 498 Å². The van der Waals surface area contributed by atoms with Crippen LogP contribution in [0, 0.1) is 0 Å². The van der Waals surface area contributed by atoms with E-state index in [-0.39, 0.29) is 21.1 Å². The van der Waals surface area contributed by atoms with Crippen LogP contribution in [0.15, 0.2) is 453 Å². The van der Waals surface area contributed by atoms with Crippen LogP contribution in [0.25, 0.3) is 165 Å². The molecule has 0 N–H and O–H groups in total. The molecule has 3 aliphatic rings. The molecule has 612 valence electrons. The zero-order chi connectivity index (χ0) is 85.8. The number of hydrogen-bond donors (Lipinski definition) is 0. The van der Waals surface area contributed by atoms with Crippen LogP contribution in [0.4, 0.5) is 0 Å². The van der Waals surface area contributed by atoms with Gasteiger partial charge in [-0.2, -0.15) is 0 Å². The number of hydrogen-bond acceptors (Lipinski definition) is 4. The van der Waals surface area contributed by atoms with E-state index in [0.29, 0.717) is 0 Å². The topological polar surface area (TPSA) is 44.2 Å². The maximum Gasteiger partial charge on any atom is 0.494 e.